The minimum atomic E-state index is -0.0876. The minimum Gasteiger partial charge on any atom is -0.365 e. The molecular formula is C44H34N2O. The summed E-state index contributed by atoms with van der Waals surface area (Å²) in [7, 11) is 0. The van der Waals surface area contributed by atoms with Gasteiger partial charge >= 0.3 is 0 Å². The number of anilines is 4. The van der Waals surface area contributed by atoms with Crippen LogP contribution in [0.15, 0.2) is 182 Å². The van der Waals surface area contributed by atoms with Crippen LogP contribution in [0.5, 0.6) is 0 Å². The number of hydrogen-bond donors (Lipinski definition) is 0. The molecule has 226 valence electrons. The van der Waals surface area contributed by atoms with Crippen LogP contribution in [0.4, 0.5) is 22.7 Å². The molecule has 4 atom stereocenters. The lowest BCUT2D eigenvalue weighted by Gasteiger charge is -2.38. The molecule has 1 heterocycles. The maximum Gasteiger partial charge on any atom is 0.0863 e. The first-order valence-corrected chi connectivity index (χ1v) is 16.4. The molecule has 1 aliphatic heterocycles. The average Bonchev–Trinajstić information content (AvgIpc) is 3.52. The second kappa shape index (κ2) is 11.6. The molecule has 6 aromatic carbocycles. The summed E-state index contributed by atoms with van der Waals surface area (Å²) in [6, 6.07) is 60.6. The van der Waals surface area contributed by atoms with E-state index >= 15 is 0 Å². The SMILES string of the molecule is C1=C(N(c2ccccc2)c2ccccc2)c2ccccc2C2C1OC1C=C(N(c3ccccc3)c3ccccc3)c3ccccc3C12. The first kappa shape index (κ1) is 27.7. The van der Waals surface area contributed by atoms with Crippen LogP contribution in [0, 0.1) is 0 Å². The van der Waals surface area contributed by atoms with Crippen molar-refractivity contribution in [1.29, 1.82) is 0 Å². The van der Waals surface area contributed by atoms with E-state index in [0.717, 1.165) is 34.1 Å². The average molecular weight is 607 g/mol. The summed E-state index contributed by atoms with van der Waals surface area (Å²) < 4.78 is 7.18. The van der Waals surface area contributed by atoms with E-state index in [9.17, 15) is 0 Å². The van der Waals surface area contributed by atoms with Crippen molar-refractivity contribution < 1.29 is 4.74 Å². The van der Waals surface area contributed by atoms with Crippen LogP contribution in [0.3, 0.4) is 0 Å². The van der Waals surface area contributed by atoms with Crippen LogP contribution >= 0.6 is 0 Å². The van der Waals surface area contributed by atoms with Crippen LogP contribution in [-0.2, 0) is 4.74 Å². The molecule has 3 aliphatic rings. The van der Waals surface area contributed by atoms with E-state index < -0.39 is 0 Å². The molecule has 0 N–H and O–H groups in total. The van der Waals surface area contributed by atoms with Gasteiger partial charge in [0.1, 0.15) is 0 Å². The highest BCUT2D eigenvalue weighted by Crippen LogP contribution is 2.57. The molecule has 2 aliphatic carbocycles. The van der Waals surface area contributed by atoms with Crippen LogP contribution in [-0.4, -0.2) is 12.2 Å². The lowest BCUT2D eigenvalue weighted by Crippen LogP contribution is -2.29. The van der Waals surface area contributed by atoms with Crippen molar-refractivity contribution in [3.63, 3.8) is 0 Å². The molecule has 0 spiro atoms. The number of nitrogens with zero attached hydrogens (tertiary/aromatic N) is 2. The van der Waals surface area contributed by atoms with Crippen LogP contribution < -0.4 is 9.80 Å². The fraction of sp³-hybridized carbons (Fsp3) is 0.0909. The van der Waals surface area contributed by atoms with Gasteiger partial charge in [0.25, 0.3) is 0 Å². The van der Waals surface area contributed by atoms with Gasteiger partial charge in [-0.3, -0.25) is 0 Å². The fourth-order valence-corrected chi connectivity index (χ4v) is 7.87. The van der Waals surface area contributed by atoms with E-state index in [2.05, 4.69) is 192 Å². The van der Waals surface area contributed by atoms with Crippen LogP contribution in [0.25, 0.3) is 11.4 Å². The lowest BCUT2D eigenvalue weighted by molar-refractivity contribution is 0.0925. The van der Waals surface area contributed by atoms with E-state index in [0.29, 0.717) is 0 Å². The van der Waals surface area contributed by atoms with E-state index in [1.165, 1.54) is 22.3 Å². The molecule has 4 unspecified atom stereocenters. The molecule has 3 nitrogen and oxygen atoms in total. The van der Waals surface area contributed by atoms with E-state index in [1.54, 1.807) is 0 Å². The van der Waals surface area contributed by atoms with Crippen LogP contribution in [0.1, 0.15) is 34.1 Å². The summed E-state index contributed by atoms with van der Waals surface area (Å²) in [6.45, 7) is 0. The third-order valence-corrected chi connectivity index (χ3v) is 9.78. The van der Waals surface area contributed by atoms with Gasteiger partial charge in [-0.05, 0) is 71.8 Å². The molecule has 47 heavy (non-hydrogen) atoms. The smallest absolute Gasteiger partial charge is 0.0863 e. The molecule has 0 aromatic heterocycles. The van der Waals surface area contributed by atoms with Gasteiger partial charge < -0.3 is 14.5 Å². The second-order valence-corrected chi connectivity index (χ2v) is 12.4. The highest BCUT2D eigenvalue weighted by molar-refractivity contribution is 5.92. The number of rotatable bonds is 6. The Labute approximate surface area is 276 Å². The van der Waals surface area contributed by atoms with Crippen molar-refractivity contribution in [2.75, 3.05) is 9.80 Å². The zero-order valence-corrected chi connectivity index (χ0v) is 25.9. The molecule has 3 heteroatoms. The molecule has 0 saturated carbocycles. The zero-order chi connectivity index (χ0) is 31.2. The van der Waals surface area contributed by atoms with Crippen molar-refractivity contribution in [1.82, 2.24) is 0 Å². The Balaban J connectivity index is 1.21. The zero-order valence-electron chi connectivity index (χ0n) is 25.9. The van der Waals surface area contributed by atoms with Gasteiger partial charge in [-0.1, -0.05) is 121 Å². The quantitative estimate of drug-likeness (QED) is 0.188. The molecular weight excluding hydrogens is 572 g/mol. The topological polar surface area (TPSA) is 15.7 Å². The van der Waals surface area contributed by atoms with Gasteiger partial charge in [-0.15, -0.1) is 0 Å². The van der Waals surface area contributed by atoms with Gasteiger partial charge in [0, 0.05) is 45.7 Å². The van der Waals surface area contributed by atoms with E-state index in [4.69, 9.17) is 4.74 Å². The summed E-state index contributed by atoms with van der Waals surface area (Å²) in [6.07, 6.45) is 4.59. The number of para-hydroxylation sites is 4. The first-order chi connectivity index (χ1) is 23.3. The number of fused-ring (bicyclic) bond motifs is 7. The van der Waals surface area contributed by atoms with Gasteiger partial charge in [0.2, 0.25) is 0 Å². The van der Waals surface area contributed by atoms with Gasteiger partial charge in [0.05, 0.1) is 23.6 Å². The Bertz CT molecular complexity index is 1860. The maximum atomic E-state index is 7.18. The molecule has 6 aromatic rings. The van der Waals surface area contributed by atoms with Crippen molar-refractivity contribution in [2.24, 2.45) is 0 Å². The highest BCUT2D eigenvalue weighted by Gasteiger charge is 2.50. The third kappa shape index (κ3) is 4.70. The Morgan fingerprint density at radius 2 is 0.638 bits per heavy atom. The Kier molecular flexibility index (Phi) is 6.84. The number of benzene rings is 6. The molecule has 1 fully saturated rings. The Hall–Kier alpha value is -5.64. The van der Waals surface area contributed by atoms with E-state index in [1.807, 2.05) is 0 Å². The van der Waals surface area contributed by atoms with Gasteiger partial charge in [0.15, 0.2) is 0 Å². The van der Waals surface area contributed by atoms with Gasteiger partial charge in [-0.2, -0.15) is 0 Å². The summed E-state index contributed by atoms with van der Waals surface area (Å²) in [5.41, 5.74) is 12.0. The predicted octanol–water partition coefficient (Wildman–Crippen LogP) is 10.7. The molecule has 0 amide bonds. The third-order valence-electron chi connectivity index (χ3n) is 9.78. The second-order valence-electron chi connectivity index (χ2n) is 12.4. The normalized spacial score (nSPS) is 20.5. The molecule has 1 saturated heterocycles. The van der Waals surface area contributed by atoms with Crippen molar-refractivity contribution >= 4 is 34.1 Å². The summed E-state index contributed by atoms with van der Waals surface area (Å²) >= 11 is 0. The Morgan fingerprint density at radius 1 is 0.340 bits per heavy atom. The first-order valence-electron chi connectivity index (χ1n) is 16.4. The van der Waals surface area contributed by atoms with Crippen LogP contribution in [0.2, 0.25) is 0 Å². The maximum absolute atomic E-state index is 7.18. The fourth-order valence-electron chi connectivity index (χ4n) is 7.87. The highest BCUT2D eigenvalue weighted by atomic mass is 16.5. The predicted molar refractivity (Wildman–Crippen MR) is 193 cm³/mol. The van der Waals surface area contributed by atoms with Crippen molar-refractivity contribution in [3.8, 4) is 0 Å². The lowest BCUT2D eigenvalue weighted by atomic mass is 9.70. The molecule has 0 radical (unpaired) electrons. The minimum absolute atomic E-state index is 0.0876. The number of ether oxygens (including phenoxy) is 1. The summed E-state index contributed by atoms with van der Waals surface area (Å²) in [5.74, 6) is 0.378. The Morgan fingerprint density at radius 3 is 0.979 bits per heavy atom. The summed E-state index contributed by atoms with van der Waals surface area (Å²) in [4.78, 5) is 4.75. The van der Waals surface area contributed by atoms with E-state index in [-0.39, 0.29) is 24.0 Å². The summed E-state index contributed by atoms with van der Waals surface area (Å²) in [5, 5.41) is 0. The van der Waals surface area contributed by atoms with Gasteiger partial charge in [-0.25, -0.2) is 0 Å². The standard InChI is InChI=1S/C44H34N2O/c1-5-17-31(18-6-1)45(32-19-7-2-8-20-32)39-29-41-43(37-27-15-13-25-35(37)39)44-38-28-16-14-26-36(38)40(30-42(44)47-41)46(33-21-9-3-10-22-33)34-23-11-4-12-24-34/h1-30,41-44H. The van der Waals surface area contributed by atoms with Crippen molar-refractivity contribution in [2.45, 2.75) is 24.0 Å². The largest absolute Gasteiger partial charge is 0.365 e. The van der Waals surface area contributed by atoms with Crippen molar-refractivity contribution in [3.05, 3.63) is 204 Å². The number of hydrogen-bond acceptors (Lipinski definition) is 3. The molecule has 9 rings (SSSR count). The molecule has 0 bridgehead atoms. The monoisotopic (exact) mass is 606 g/mol.